The third-order valence-corrected chi connectivity index (χ3v) is 4.48. The second kappa shape index (κ2) is 10.5. The van der Waals surface area contributed by atoms with Crippen molar-refractivity contribution in [2.24, 2.45) is 0 Å². The second-order valence-corrected chi connectivity index (χ2v) is 6.50. The van der Waals surface area contributed by atoms with Gasteiger partial charge in [-0.1, -0.05) is 13.8 Å². The van der Waals surface area contributed by atoms with Gasteiger partial charge in [0.25, 0.3) is 0 Å². The topological polar surface area (TPSA) is 40.6 Å². The zero-order valence-corrected chi connectivity index (χ0v) is 15.7. The first kappa shape index (κ1) is 19.0. The highest BCUT2D eigenvalue weighted by atomic mass is 16.5. The Hall–Kier alpha value is -1.33. The van der Waals surface area contributed by atoms with Gasteiger partial charge in [-0.25, -0.2) is 4.98 Å². The van der Waals surface area contributed by atoms with E-state index in [2.05, 4.69) is 41.1 Å². The monoisotopic (exact) mass is 334 g/mol. The second-order valence-electron chi connectivity index (χ2n) is 6.50. The molecule has 0 aliphatic carbocycles. The number of hydrogen-bond donors (Lipinski definition) is 1. The molecule has 0 bridgehead atoms. The first-order valence-electron chi connectivity index (χ1n) is 9.50. The van der Waals surface area contributed by atoms with Crippen molar-refractivity contribution in [1.82, 2.24) is 9.88 Å². The Kier molecular flexibility index (Phi) is 8.33. The van der Waals surface area contributed by atoms with Crippen molar-refractivity contribution >= 4 is 11.5 Å². The van der Waals surface area contributed by atoms with Crippen molar-refractivity contribution in [3.63, 3.8) is 0 Å². The van der Waals surface area contributed by atoms with Gasteiger partial charge in [0.05, 0.1) is 13.2 Å². The van der Waals surface area contributed by atoms with Gasteiger partial charge in [-0.15, -0.1) is 0 Å². The molecule has 2 heterocycles. The number of nitrogens with one attached hydrogen (secondary N) is 1. The van der Waals surface area contributed by atoms with Crippen LogP contribution in [-0.4, -0.2) is 62.9 Å². The standard InChI is InChI=1S/C19H34N4O/c1-4-8-23(9-5-2)18-15-17(21-19(16-18)20-3)7-6-10-22-11-13-24-14-12-22/h15-16H,4-14H2,1-3H3,(H,20,21). The van der Waals surface area contributed by atoms with Gasteiger partial charge >= 0.3 is 0 Å². The van der Waals surface area contributed by atoms with Crippen LogP contribution in [0.25, 0.3) is 0 Å². The molecule has 1 saturated heterocycles. The zero-order chi connectivity index (χ0) is 17.2. The van der Waals surface area contributed by atoms with Crippen molar-refractivity contribution in [2.75, 3.05) is 63.2 Å². The summed E-state index contributed by atoms with van der Waals surface area (Å²) in [5.74, 6) is 0.978. The normalized spacial score (nSPS) is 15.5. The first-order chi connectivity index (χ1) is 11.8. The van der Waals surface area contributed by atoms with Gasteiger partial charge in [-0.2, -0.15) is 0 Å². The number of aromatic nitrogens is 1. The number of ether oxygens (including phenoxy) is 1. The Bertz CT molecular complexity index is 468. The smallest absolute Gasteiger partial charge is 0.128 e. The molecule has 0 unspecified atom stereocenters. The molecule has 5 heteroatoms. The van der Waals surface area contributed by atoms with Crippen LogP contribution in [0, 0.1) is 0 Å². The van der Waals surface area contributed by atoms with E-state index in [1.165, 1.54) is 24.2 Å². The van der Waals surface area contributed by atoms with E-state index in [1.54, 1.807) is 0 Å². The number of hydrogen-bond acceptors (Lipinski definition) is 5. The lowest BCUT2D eigenvalue weighted by Crippen LogP contribution is -2.37. The summed E-state index contributed by atoms with van der Waals surface area (Å²) in [5.41, 5.74) is 2.50. The molecule has 0 radical (unpaired) electrons. The number of anilines is 2. The van der Waals surface area contributed by atoms with Crippen molar-refractivity contribution in [2.45, 2.75) is 39.5 Å². The molecular formula is C19H34N4O. The van der Waals surface area contributed by atoms with E-state index in [9.17, 15) is 0 Å². The van der Waals surface area contributed by atoms with Crippen molar-refractivity contribution in [1.29, 1.82) is 0 Å². The fourth-order valence-electron chi connectivity index (χ4n) is 3.23. The highest BCUT2D eigenvalue weighted by molar-refractivity contribution is 5.55. The molecule has 1 N–H and O–H groups in total. The summed E-state index contributed by atoms with van der Waals surface area (Å²) in [6.07, 6.45) is 4.53. The Morgan fingerprint density at radius 1 is 1.17 bits per heavy atom. The van der Waals surface area contributed by atoms with Crippen LogP contribution >= 0.6 is 0 Å². The summed E-state index contributed by atoms with van der Waals surface area (Å²) >= 11 is 0. The SMILES string of the molecule is CCCN(CCC)c1cc(CCCN2CCOCC2)nc(NC)c1. The van der Waals surface area contributed by atoms with Crippen LogP contribution < -0.4 is 10.2 Å². The molecule has 0 atom stereocenters. The van der Waals surface area contributed by atoms with E-state index in [4.69, 9.17) is 9.72 Å². The molecule has 24 heavy (non-hydrogen) atoms. The van der Waals surface area contributed by atoms with Gasteiger partial charge in [0, 0.05) is 50.7 Å². The van der Waals surface area contributed by atoms with Crippen LogP contribution in [0.5, 0.6) is 0 Å². The molecule has 0 spiro atoms. The summed E-state index contributed by atoms with van der Waals surface area (Å²) < 4.78 is 5.41. The average molecular weight is 335 g/mol. The molecule has 2 rings (SSSR count). The lowest BCUT2D eigenvalue weighted by Gasteiger charge is -2.27. The molecule has 1 fully saturated rings. The van der Waals surface area contributed by atoms with Crippen LogP contribution in [0.2, 0.25) is 0 Å². The third kappa shape index (κ3) is 5.95. The minimum Gasteiger partial charge on any atom is -0.379 e. The van der Waals surface area contributed by atoms with Crippen molar-refractivity contribution < 1.29 is 4.74 Å². The molecule has 0 aromatic carbocycles. The average Bonchev–Trinajstić information content (AvgIpc) is 2.62. The van der Waals surface area contributed by atoms with Gasteiger partial charge in [-0.3, -0.25) is 4.90 Å². The Morgan fingerprint density at radius 2 is 1.88 bits per heavy atom. The van der Waals surface area contributed by atoms with Gasteiger partial charge in [0.1, 0.15) is 5.82 Å². The summed E-state index contributed by atoms with van der Waals surface area (Å²) in [6, 6.07) is 4.46. The molecule has 0 amide bonds. The molecule has 1 aliphatic heterocycles. The molecule has 5 nitrogen and oxygen atoms in total. The Morgan fingerprint density at radius 3 is 2.50 bits per heavy atom. The van der Waals surface area contributed by atoms with E-state index in [-0.39, 0.29) is 0 Å². The van der Waals surface area contributed by atoms with E-state index < -0.39 is 0 Å². The van der Waals surface area contributed by atoms with Gasteiger partial charge in [0.2, 0.25) is 0 Å². The molecule has 1 aromatic rings. The molecule has 1 aromatic heterocycles. The number of morpholine rings is 1. The maximum atomic E-state index is 5.41. The Labute approximate surface area is 147 Å². The zero-order valence-electron chi connectivity index (χ0n) is 15.7. The van der Waals surface area contributed by atoms with Crippen LogP contribution in [0.3, 0.4) is 0 Å². The van der Waals surface area contributed by atoms with Crippen LogP contribution in [-0.2, 0) is 11.2 Å². The van der Waals surface area contributed by atoms with Gasteiger partial charge in [-0.05, 0) is 38.3 Å². The van der Waals surface area contributed by atoms with E-state index in [0.717, 1.165) is 64.6 Å². The lowest BCUT2D eigenvalue weighted by atomic mass is 10.1. The maximum Gasteiger partial charge on any atom is 0.128 e. The third-order valence-electron chi connectivity index (χ3n) is 4.48. The number of aryl methyl sites for hydroxylation is 1. The highest BCUT2D eigenvalue weighted by Gasteiger charge is 2.11. The highest BCUT2D eigenvalue weighted by Crippen LogP contribution is 2.21. The first-order valence-corrected chi connectivity index (χ1v) is 9.50. The molecule has 136 valence electrons. The summed E-state index contributed by atoms with van der Waals surface area (Å²) in [6.45, 7) is 11.7. The fraction of sp³-hybridized carbons (Fsp3) is 0.737. The Balaban J connectivity index is 1.98. The van der Waals surface area contributed by atoms with Crippen LogP contribution in [0.4, 0.5) is 11.5 Å². The molecular weight excluding hydrogens is 300 g/mol. The van der Waals surface area contributed by atoms with Crippen molar-refractivity contribution in [3.05, 3.63) is 17.8 Å². The van der Waals surface area contributed by atoms with E-state index in [0.29, 0.717) is 0 Å². The van der Waals surface area contributed by atoms with Crippen molar-refractivity contribution in [3.8, 4) is 0 Å². The largest absolute Gasteiger partial charge is 0.379 e. The van der Waals surface area contributed by atoms with Crippen LogP contribution in [0.15, 0.2) is 12.1 Å². The predicted molar refractivity (Wildman–Crippen MR) is 102 cm³/mol. The van der Waals surface area contributed by atoms with E-state index >= 15 is 0 Å². The molecule has 1 aliphatic rings. The number of rotatable bonds is 10. The fourth-order valence-corrected chi connectivity index (χ4v) is 3.23. The van der Waals surface area contributed by atoms with Crippen LogP contribution in [0.1, 0.15) is 38.8 Å². The van der Waals surface area contributed by atoms with E-state index in [1.807, 2.05) is 7.05 Å². The number of pyridine rings is 1. The summed E-state index contributed by atoms with van der Waals surface area (Å²) in [5, 5.41) is 3.22. The summed E-state index contributed by atoms with van der Waals surface area (Å²) in [7, 11) is 1.95. The minimum absolute atomic E-state index is 0.876. The molecule has 0 saturated carbocycles. The minimum atomic E-state index is 0.876. The quantitative estimate of drug-likeness (QED) is 0.712. The predicted octanol–water partition coefficient (Wildman–Crippen LogP) is 3.01. The maximum absolute atomic E-state index is 5.41. The number of nitrogens with zero attached hydrogens (tertiary/aromatic N) is 3. The lowest BCUT2D eigenvalue weighted by molar-refractivity contribution is 0.0374. The van der Waals surface area contributed by atoms with Gasteiger partial charge in [0.15, 0.2) is 0 Å². The van der Waals surface area contributed by atoms with Gasteiger partial charge < -0.3 is 15.0 Å². The summed E-state index contributed by atoms with van der Waals surface area (Å²) in [4.78, 5) is 9.73.